The molecule has 3 aliphatic rings. The summed E-state index contributed by atoms with van der Waals surface area (Å²) < 4.78 is 13.2. The summed E-state index contributed by atoms with van der Waals surface area (Å²) in [4.78, 5) is 65.0. The van der Waals surface area contributed by atoms with Crippen LogP contribution in [0.2, 0.25) is 0 Å². The van der Waals surface area contributed by atoms with E-state index in [1.807, 2.05) is 43.5 Å². The van der Waals surface area contributed by atoms with E-state index in [9.17, 15) is 24.0 Å². The Morgan fingerprint density at radius 1 is 1.09 bits per heavy atom. The Balaban J connectivity index is 1.07. The number of carbonyl (C=O) groups is 5. The fourth-order valence-corrected chi connectivity index (χ4v) is 5.58. The molecule has 2 aromatic rings. The van der Waals surface area contributed by atoms with E-state index in [1.54, 1.807) is 18.2 Å². The lowest BCUT2D eigenvalue weighted by Crippen LogP contribution is -2.54. The third kappa shape index (κ3) is 7.13. The van der Waals surface area contributed by atoms with Gasteiger partial charge in [0.1, 0.15) is 17.4 Å². The van der Waals surface area contributed by atoms with Crippen LogP contribution in [0, 0.1) is 0 Å². The Bertz CT molecular complexity index is 1610. The van der Waals surface area contributed by atoms with E-state index in [2.05, 4.69) is 5.32 Å². The summed E-state index contributed by atoms with van der Waals surface area (Å²) in [5, 5.41) is 6.90. The average Bonchev–Trinajstić information content (AvgIpc) is 3.63. The van der Waals surface area contributed by atoms with Gasteiger partial charge >= 0.3 is 5.97 Å². The Morgan fingerprint density at radius 2 is 1.85 bits per heavy atom. The molecule has 1 unspecified atom stereocenters. The number of hydrogen-bond acceptors (Lipinski definition) is 10. The summed E-state index contributed by atoms with van der Waals surface area (Å²) in [6.07, 6.45) is 7.75. The van der Waals surface area contributed by atoms with Gasteiger partial charge in [0, 0.05) is 36.8 Å². The molecule has 0 bridgehead atoms. The van der Waals surface area contributed by atoms with Gasteiger partial charge in [-0.25, -0.2) is 4.79 Å². The van der Waals surface area contributed by atoms with E-state index >= 15 is 0 Å². The molecular weight excluding hydrogens is 592 g/mol. The van der Waals surface area contributed by atoms with Crippen LogP contribution < -0.4 is 15.8 Å². The first-order valence-electron chi connectivity index (χ1n) is 15.5. The standard InChI is InChI=1S/C33H40N6O7/c1-5-20(32(44)46-33(2,3)4)8-12-27(34)37-17-21-18-38(36-25(21)19-37)14-6-7-15-45-22-9-10-23-24(16-22)31(43)39(30(23)42)26-11-13-28(40)35-29(26)41/h8-10,12,16,18,26H,5-7,11,13-15,17,19,34H2,1-4H3,(H,35,40,41)/b20-8+,27-12+. The number of unbranched alkanes of at least 4 members (excludes halogenated alkanes) is 1. The molecule has 1 fully saturated rings. The number of nitrogens with one attached hydrogen (secondary N) is 1. The lowest BCUT2D eigenvalue weighted by Gasteiger charge is -2.27. The Hall–Kier alpha value is -4.94. The smallest absolute Gasteiger partial charge is 0.334 e. The molecular formula is C33H40N6O7. The van der Waals surface area contributed by atoms with Crippen molar-refractivity contribution in [3.05, 3.63) is 70.3 Å². The number of aryl methyl sites for hydroxylation is 1. The second-order valence-corrected chi connectivity index (χ2v) is 12.6. The summed E-state index contributed by atoms with van der Waals surface area (Å²) >= 11 is 0. The largest absolute Gasteiger partial charge is 0.494 e. The summed E-state index contributed by atoms with van der Waals surface area (Å²) in [6.45, 7) is 9.73. The van der Waals surface area contributed by atoms with E-state index in [0.717, 1.165) is 29.0 Å². The number of nitrogens with zero attached hydrogens (tertiary/aromatic N) is 4. The van der Waals surface area contributed by atoms with Crippen LogP contribution in [0.4, 0.5) is 0 Å². The van der Waals surface area contributed by atoms with Crippen molar-refractivity contribution in [3.8, 4) is 5.75 Å². The van der Waals surface area contributed by atoms with Crippen LogP contribution in [0.25, 0.3) is 0 Å². The van der Waals surface area contributed by atoms with Gasteiger partial charge in [0.2, 0.25) is 11.8 Å². The zero-order chi connectivity index (χ0) is 33.2. The van der Waals surface area contributed by atoms with Crippen LogP contribution >= 0.6 is 0 Å². The van der Waals surface area contributed by atoms with E-state index in [0.29, 0.717) is 49.8 Å². The Morgan fingerprint density at radius 3 is 2.54 bits per heavy atom. The normalized spacial score (nSPS) is 18.6. The number of carbonyl (C=O) groups excluding carboxylic acids is 5. The number of fused-ring (bicyclic) bond motifs is 2. The minimum absolute atomic E-state index is 0.0696. The van der Waals surface area contributed by atoms with Gasteiger partial charge in [-0.1, -0.05) is 6.92 Å². The number of esters is 1. The zero-order valence-electron chi connectivity index (χ0n) is 26.6. The molecule has 3 aliphatic heterocycles. The second kappa shape index (κ2) is 13.2. The van der Waals surface area contributed by atoms with Gasteiger partial charge in [0.15, 0.2) is 0 Å². The minimum Gasteiger partial charge on any atom is -0.494 e. The van der Waals surface area contributed by atoms with Gasteiger partial charge in [-0.15, -0.1) is 0 Å². The van der Waals surface area contributed by atoms with Crippen molar-refractivity contribution >= 4 is 29.6 Å². The fourth-order valence-electron chi connectivity index (χ4n) is 5.58. The predicted molar refractivity (Wildman–Crippen MR) is 166 cm³/mol. The molecule has 0 aliphatic carbocycles. The van der Waals surface area contributed by atoms with Crippen LogP contribution in [0.5, 0.6) is 5.75 Å². The first-order valence-corrected chi connectivity index (χ1v) is 15.5. The molecule has 1 aromatic heterocycles. The molecule has 0 radical (unpaired) electrons. The lowest BCUT2D eigenvalue weighted by atomic mass is 10.0. The van der Waals surface area contributed by atoms with Gasteiger partial charge in [0.25, 0.3) is 11.8 Å². The number of hydrogen-bond donors (Lipinski definition) is 2. The van der Waals surface area contributed by atoms with E-state index in [-0.39, 0.29) is 29.9 Å². The number of rotatable bonds is 11. The molecule has 46 heavy (non-hydrogen) atoms. The van der Waals surface area contributed by atoms with E-state index in [1.165, 1.54) is 12.1 Å². The maximum atomic E-state index is 13.0. The number of piperidine rings is 1. The average molecular weight is 633 g/mol. The third-order valence-corrected chi connectivity index (χ3v) is 7.95. The highest BCUT2D eigenvalue weighted by Crippen LogP contribution is 2.30. The monoisotopic (exact) mass is 632 g/mol. The summed E-state index contributed by atoms with van der Waals surface area (Å²) in [6, 6.07) is 3.70. The molecule has 244 valence electrons. The maximum Gasteiger partial charge on any atom is 0.334 e. The van der Waals surface area contributed by atoms with Gasteiger partial charge in [-0.3, -0.25) is 34.1 Å². The van der Waals surface area contributed by atoms with Crippen LogP contribution in [0.3, 0.4) is 0 Å². The summed E-state index contributed by atoms with van der Waals surface area (Å²) in [5.41, 5.74) is 8.78. The lowest BCUT2D eigenvalue weighted by molar-refractivity contribution is -0.150. The Labute approximate surface area is 267 Å². The van der Waals surface area contributed by atoms with Crippen molar-refractivity contribution in [2.45, 2.75) is 91.1 Å². The molecule has 3 N–H and O–H groups in total. The predicted octanol–water partition coefficient (Wildman–Crippen LogP) is 2.94. The van der Waals surface area contributed by atoms with Crippen molar-refractivity contribution in [1.29, 1.82) is 0 Å². The molecule has 4 heterocycles. The number of amides is 4. The van der Waals surface area contributed by atoms with Crippen LogP contribution in [0.15, 0.2) is 47.9 Å². The van der Waals surface area contributed by atoms with Crippen LogP contribution in [0.1, 0.15) is 91.8 Å². The highest BCUT2D eigenvalue weighted by atomic mass is 16.6. The topological polar surface area (TPSA) is 166 Å². The first kappa shape index (κ1) is 32.5. The van der Waals surface area contributed by atoms with Crippen molar-refractivity contribution < 1.29 is 33.4 Å². The molecule has 4 amide bonds. The minimum atomic E-state index is -1.00. The number of imide groups is 2. The highest BCUT2D eigenvalue weighted by molar-refractivity contribution is 6.23. The zero-order valence-corrected chi connectivity index (χ0v) is 26.6. The highest BCUT2D eigenvalue weighted by Gasteiger charge is 2.44. The SMILES string of the molecule is CC/C(=C\C=C(/N)N1Cc2cn(CCCCOc3ccc4c(c3)C(=O)N(C3CCC(=O)NC3=O)C4=O)nc2C1)C(=O)OC(C)(C)C. The third-order valence-electron chi connectivity index (χ3n) is 7.95. The molecule has 1 aromatic carbocycles. The summed E-state index contributed by atoms with van der Waals surface area (Å²) in [7, 11) is 0. The molecule has 13 heteroatoms. The number of allylic oxidation sites excluding steroid dienone is 2. The quantitative estimate of drug-likeness (QED) is 0.124. The maximum absolute atomic E-state index is 13.0. The van der Waals surface area contributed by atoms with E-state index < -0.39 is 35.3 Å². The molecule has 13 nitrogen and oxygen atoms in total. The number of benzene rings is 1. The molecule has 5 rings (SSSR count). The molecule has 0 saturated carbocycles. The van der Waals surface area contributed by atoms with Crippen molar-refractivity contribution in [3.63, 3.8) is 0 Å². The fraction of sp³-hybridized carbons (Fsp3) is 0.455. The molecule has 0 spiro atoms. The number of nitrogens with two attached hydrogens (primary N) is 1. The van der Waals surface area contributed by atoms with Crippen LogP contribution in [-0.4, -0.2) is 67.4 Å². The van der Waals surface area contributed by atoms with E-state index in [4.69, 9.17) is 20.3 Å². The van der Waals surface area contributed by atoms with Crippen molar-refractivity contribution in [2.24, 2.45) is 5.73 Å². The van der Waals surface area contributed by atoms with Crippen molar-refractivity contribution in [1.82, 2.24) is 24.9 Å². The van der Waals surface area contributed by atoms with Crippen LogP contribution in [-0.2, 0) is 38.8 Å². The van der Waals surface area contributed by atoms with Gasteiger partial charge in [0.05, 0.1) is 35.8 Å². The van der Waals surface area contributed by atoms with Gasteiger partial charge in [-0.2, -0.15) is 5.10 Å². The molecule has 1 atom stereocenters. The first-order chi connectivity index (χ1) is 21.8. The van der Waals surface area contributed by atoms with Gasteiger partial charge < -0.3 is 20.1 Å². The van der Waals surface area contributed by atoms with Crippen molar-refractivity contribution in [2.75, 3.05) is 6.61 Å². The molecule has 1 saturated heterocycles. The number of ether oxygens (including phenoxy) is 2. The summed E-state index contributed by atoms with van der Waals surface area (Å²) in [5.74, 6) is -1.50. The second-order valence-electron chi connectivity index (χ2n) is 12.6. The van der Waals surface area contributed by atoms with Gasteiger partial charge in [-0.05, 0) is 76.8 Å². The number of aromatic nitrogens is 2. The Kier molecular flexibility index (Phi) is 9.31.